The number of carbonyl (C=O) groups is 1. The number of carbonyl (C=O) groups excluding carboxylic acids is 1. The summed E-state index contributed by atoms with van der Waals surface area (Å²) in [6.45, 7) is 3.38. The van der Waals surface area contributed by atoms with Gasteiger partial charge in [0.05, 0.1) is 25.4 Å². The van der Waals surface area contributed by atoms with Crippen molar-refractivity contribution in [1.82, 2.24) is 5.32 Å². The Bertz CT molecular complexity index is 934. The van der Waals surface area contributed by atoms with E-state index in [4.69, 9.17) is 9.47 Å². The summed E-state index contributed by atoms with van der Waals surface area (Å²) in [6.07, 6.45) is 23.8. The van der Waals surface area contributed by atoms with Crippen molar-refractivity contribution < 1.29 is 50.0 Å². The van der Waals surface area contributed by atoms with E-state index in [2.05, 4.69) is 43.5 Å². The summed E-state index contributed by atoms with van der Waals surface area (Å²) < 4.78 is 11.0. The second kappa shape index (κ2) is 33.7. The number of hydrogen-bond donors (Lipinski definition) is 8. The zero-order valence-corrected chi connectivity index (χ0v) is 34.0. The standard InChI is InChI=1S/C43H81NO10/c1-3-5-7-9-11-13-15-16-17-18-19-20-21-23-24-26-28-30-35(46)38(48)34(33-53-43-41(51)40(50)39(49)37(32-45)54-43)44-42(52)36(47)31-29-27-25-22-14-12-10-8-6-4-2/h18-19,23-24,34-41,43,45-51H,3-17,20-22,25-33H2,1-2H3,(H,44,52)/b19-18+,24-23+. The Labute approximate surface area is 327 Å². The summed E-state index contributed by atoms with van der Waals surface area (Å²) in [7, 11) is 0. The van der Waals surface area contributed by atoms with Gasteiger partial charge in [0.15, 0.2) is 6.29 Å². The number of amides is 1. The molecular weight excluding hydrogens is 690 g/mol. The van der Waals surface area contributed by atoms with Crippen LogP contribution in [0.5, 0.6) is 0 Å². The Morgan fingerprint density at radius 1 is 0.630 bits per heavy atom. The van der Waals surface area contributed by atoms with Gasteiger partial charge in [0.1, 0.15) is 36.6 Å². The SMILES string of the molecule is CCCCCCCCCC/C=C/CC/C=C/CCCC(O)C(O)C(COC1OC(CO)C(O)C(O)C1O)NC(=O)C(O)CCCCCCCCCCCC. The summed E-state index contributed by atoms with van der Waals surface area (Å²) in [4.78, 5) is 13.0. The summed E-state index contributed by atoms with van der Waals surface area (Å²) in [5.41, 5.74) is 0. The highest BCUT2D eigenvalue weighted by Gasteiger charge is 2.44. The van der Waals surface area contributed by atoms with E-state index in [9.17, 15) is 40.5 Å². The molecule has 8 N–H and O–H groups in total. The Hall–Kier alpha value is -1.41. The van der Waals surface area contributed by atoms with Gasteiger partial charge in [0.25, 0.3) is 0 Å². The van der Waals surface area contributed by atoms with Crippen molar-refractivity contribution in [3.05, 3.63) is 24.3 Å². The van der Waals surface area contributed by atoms with Crippen molar-refractivity contribution in [3.63, 3.8) is 0 Å². The average Bonchev–Trinajstić information content (AvgIpc) is 3.17. The highest BCUT2D eigenvalue weighted by atomic mass is 16.7. The second-order valence-electron chi connectivity index (χ2n) is 15.4. The monoisotopic (exact) mass is 772 g/mol. The molecule has 54 heavy (non-hydrogen) atoms. The van der Waals surface area contributed by atoms with E-state index >= 15 is 0 Å². The van der Waals surface area contributed by atoms with Gasteiger partial charge in [0, 0.05) is 0 Å². The first-order chi connectivity index (χ1) is 26.2. The smallest absolute Gasteiger partial charge is 0.249 e. The minimum Gasteiger partial charge on any atom is -0.394 e. The lowest BCUT2D eigenvalue weighted by Gasteiger charge is -2.40. The fraction of sp³-hybridized carbons (Fsp3) is 0.884. The number of unbranched alkanes of at least 4 members (excludes halogenated alkanes) is 19. The van der Waals surface area contributed by atoms with Gasteiger partial charge in [0.2, 0.25) is 5.91 Å². The maximum atomic E-state index is 13.0. The minimum absolute atomic E-state index is 0.248. The fourth-order valence-corrected chi connectivity index (χ4v) is 6.81. The third kappa shape index (κ3) is 23.6. The molecule has 1 heterocycles. The predicted molar refractivity (Wildman–Crippen MR) is 215 cm³/mol. The van der Waals surface area contributed by atoms with Crippen LogP contribution >= 0.6 is 0 Å². The number of aliphatic hydroxyl groups is 7. The van der Waals surface area contributed by atoms with Gasteiger partial charge in [-0.1, -0.05) is 147 Å². The van der Waals surface area contributed by atoms with Gasteiger partial charge >= 0.3 is 0 Å². The topological polar surface area (TPSA) is 189 Å². The second-order valence-corrected chi connectivity index (χ2v) is 15.4. The number of ether oxygens (including phenoxy) is 2. The number of nitrogens with one attached hydrogen (secondary N) is 1. The molecule has 0 bridgehead atoms. The molecule has 1 aliphatic heterocycles. The van der Waals surface area contributed by atoms with Crippen molar-refractivity contribution in [2.45, 2.75) is 229 Å². The fourth-order valence-electron chi connectivity index (χ4n) is 6.81. The van der Waals surface area contributed by atoms with Crippen LogP contribution in [-0.4, -0.2) is 110 Å². The van der Waals surface area contributed by atoms with E-state index in [0.29, 0.717) is 19.3 Å². The normalized spacial score (nSPS) is 22.9. The maximum absolute atomic E-state index is 13.0. The zero-order chi connectivity index (χ0) is 39.8. The van der Waals surface area contributed by atoms with Gasteiger partial charge in [-0.2, -0.15) is 0 Å². The quantitative estimate of drug-likeness (QED) is 0.0269. The summed E-state index contributed by atoms with van der Waals surface area (Å²) >= 11 is 0. The largest absolute Gasteiger partial charge is 0.394 e. The summed E-state index contributed by atoms with van der Waals surface area (Å²) in [6, 6.07) is -1.18. The van der Waals surface area contributed by atoms with Crippen LogP contribution in [0.25, 0.3) is 0 Å². The molecule has 11 heteroatoms. The molecule has 11 nitrogen and oxygen atoms in total. The number of aliphatic hydroxyl groups excluding tert-OH is 7. The molecule has 0 spiro atoms. The van der Waals surface area contributed by atoms with E-state index in [1.807, 2.05) is 0 Å². The van der Waals surface area contributed by atoms with Crippen molar-refractivity contribution in [1.29, 1.82) is 0 Å². The average molecular weight is 772 g/mol. The molecule has 1 aliphatic rings. The van der Waals surface area contributed by atoms with Crippen LogP contribution in [0.4, 0.5) is 0 Å². The lowest BCUT2D eigenvalue weighted by Crippen LogP contribution is -2.60. The highest BCUT2D eigenvalue weighted by Crippen LogP contribution is 2.23. The van der Waals surface area contributed by atoms with Crippen LogP contribution in [0, 0.1) is 0 Å². The first-order valence-corrected chi connectivity index (χ1v) is 21.7. The molecule has 318 valence electrons. The van der Waals surface area contributed by atoms with Crippen LogP contribution in [0.3, 0.4) is 0 Å². The van der Waals surface area contributed by atoms with E-state index in [1.165, 1.54) is 89.9 Å². The highest BCUT2D eigenvalue weighted by molar-refractivity contribution is 5.80. The van der Waals surface area contributed by atoms with Crippen LogP contribution in [0.15, 0.2) is 24.3 Å². The Kier molecular flexibility index (Phi) is 31.6. The van der Waals surface area contributed by atoms with E-state index in [0.717, 1.165) is 38.5 Å². The van der Waals surface area contributed by atoms with Gasteiger partial charge in [-0.25, -0.2) is 0 Å². The first kappa shape index (κ1) is 50.6. The van der Waals surface area contributed by atoms with Gasteiger partial charge in [-0.15, -0.1) is 0 Å². The zero-order valence-electron chi connectivity index (χ0n) is 34.0. The molecular formula is C43H81NO10. The van der Waals surface area contributed by atoms with Crippen LogP contribution < -0.4 is 5.32 Å². The van der Waals surface area contributed by atoms with Gasteiger partial charge in [-0.3, -0.25) is 4.79 Å². The van der Waals surface area contributed by atoms with Crippen molar-refractivity contribution in [3.8, 4) is 0 Å². The molecule has 1 amide bonds. The summed E-state index contributed by atoms with van der Waals surface area (Å²) in [5, 5.41) is 75.3. The maximum Gasteiger partial charge on any atom is 0.249 e. The van der Waals surface area contributed by atoms with Gasteiger partial charge in [-0.05, 0) is 51.4 Å². The molecule has 1 saturated heterocycles. The molecule has 0 radical (unpaired) electrons. The predicted octanol–water partition coefficient (Wildman–Crippen LogP) is 6.28. The van der Waals surface area contributed by atoms with E-state index in [1.54, 1.807) is 0 Å². The molecule has 0 aliphatic carbocycles. The lowest BCUT2D eigenvalue weighted by atomic mass is 9.98. The molecule has 1 fully saturated rings. The third-order valence-electron chi connectivity index (χ3n) is 10.5. The third-order valence-corrected chi connectivity index (χ3v) is 10.5. The lowest BCUT2D eigenvalue weighted by molar-refractivity contribution is -0.303. The molecule has 0 aromatic carbocycles. The van der Waals surface area contributed by atoms with Crippen molar-refractivity contribution in [2.24, 2.45) is 0 Å². The molecule has 9 atom stereocenters. The van der Waals surface area contributed by atoms with Crippen LogP contribution in [0.2, 0.25) is 0 Å². The Morgan fingerprint density at radius 2 is 1.11 bits per heavy atom. The van der Waals surface area contributed by atoms with Crippen molar-refractivity contribution in [2.75, 3.05) is 13.2 Å². The Balaban J connectivity index is 2.53. The van der Waals surface area contributed by atoms with Crippen LogP contribution in [-0.2, 0) is 14.3 Å². The van der Waals surface area contributed by atoms with E-state index in [-0.39, 0.29) is 12.8 Å². The number of hydrogen-bond acceptors (Lipinski definition) is 10. The Morgan fingerprint density at radius 3 is 1.65 bits per heavy atom. The first-order valence-electron chi connectivity index (χ1n) is 21.7. The molecule has 0 saturated carbocycles. The molecule has 9 unspecified atom stereocenters. The minimum atomic E-state index is -1.67. The van der Waals surface area contributed by atoms with E-state index < -0.39 is 74.2 Å². The van der Waals surface area contributed by atoms with Crippen LogP contribution in [0.1, 0.15) is 174 Å². The molecule has 0 aromatic heterocycles. The number of allylic oxidation sites excluding steroid dienone is 4. The molecule has 1 rings (SSSR count). The van der Waals surface area contributed by atoms with Crippen molar-refractivity contribution >= 4 is 5.91 Å². The number of rotatable bonds is 35. The van der Waals surface area contributed by atoms with Gasteiger partial charge < -0.3 is 50.5 Å². The summed E-state index contributed by atoms with van der Waals surface area (Å²) in [5.74, 6) is -0.714. The molecule has 0 aromatic rings.